The normalized spacial score (nSPS) is 10.7. The van der Waals surface area contributed by atoms with E-state index in [-0.39, 0.29) is 12.4 Å². The molecule has 0 aliphatic carbocycles. The second kappa shape index (κ2) is 6.13. The highest BCUT2D eigenvalue weighted by atomic mass is 19.1. The van der Waals surface area contributed by atoms with Crippen LogP contribution in [0.4, 0.5) is 4.39 Å². The Hall–Kier alpha value is -1.38. The molecule has 0 aliphatic heterocycles. The van der Waals surface area contributed by atoms with Gasteiger partial charge < -0.3 is 4.84 Å². The van der Waals surface area contributed by atoms with Crippen molar-refractivity contribution in [2.24, 2.45) is 5.16 Å². The number of oxime groups is 1. The highest BCUT2D eigenvalue weighted by Gasteiger charge is 1.98. The molecule has 2 nitrogen and oxygen atoms in total. The molecule has 14 heavy (non-hydrogen) atoms. The minimum absolute atomic E-state index is 0.187. The van der Waals surface area contributed by atoms with Crippen molar-refractivity contribution in [2.75, 3.05) is 0 Å². The lowest BCUT2D eigenvalue weighted by Crippen LogP contribution is -1.91. The summed E-state index contributed by atoms with van der Waals surface area (Å²) in [7, 11) is 0. The molecule has 0 aliphatic rings. The van der Waals surface area contributed by atoms with Gasteiger partial charge in [-0.2, -0.15) is 0 Å². The molecule has 0 unspecified atom stereocenters. The molecule has 0 spiro atoms. The van der Waals surface area contributed by atoms with Crippen LogP contribution in [0.3, 0.4) is 0 Å². The fourth-order valence-corrected chi connectivity index (χ4v) is 0.957. The van der Waals surface area contributed by atoms with Gasteiger partial charge in [0.15, 0.2) is 0 Å². The van der Waals surface area contributed by atoms with Crippen LogP contribution in [0.2, 0.25) is 0 Å². The standard InChI is InChI=1S/C11H14FNO/c1-2-3-8-13-14-9-10-6-4-5-7-11(10)12/h4-8H,2-3,9H2,1H3. The van der Waals surface area contributed by atoms with E-state index in [1.165, 1.54) is 6.07 Å². The molecular weight excluding hydrogens is 181 g/mol. The van der Waals surface area contributed by atoms with Gasteiger partial charge in [0.05, 0.1) is 0 Å². The molecule has 0 saturated carbocycles. The van der Waals surface area contributed by atoms with Crippen LogP contribution in [0.5, 0.6) is 0 Å². The van der Waals surface area contributed by atoms with Crippen LogP contribution in [0, 0.1) is 5.82 Å². The second-order valence-corrected chi connectivity index (χ2v) is 2.94. The lowest BCUT2D eigenvalue weighted by molar-refractivity contribution is 0.129. The van der Waals surface area contributed by atoms with E-state index < -0.39 is 0 Å². The number of hydrogen-bond donors (Lipinski definition) is 0. The second-order valence-electron chi connectivity index (χ2n) is 2.94. The molecule has 0 bridgehead atoms. The van der Waals surface area contributed by atoms with Crippen LogP contribution >= 0.6 is 0 Å². The minimum atomic E-state index is -0.252. The Balaban J connectivity index is 2.35. The molecule has 76 valence electrons. The zero-order chi connectivity index (χ0) is 10.2. The molecule has 0 amide bonds. The average molecular weight is 195 g/mol. The Bertz CT molecular complexity index is 299. The molecule has 0 N–H and O–H groups in total. The molecule has 0 radical (unpaired) electrons. The first kappa shape index (κ1) is 10.7. The fraction of sp³-hybridized carbons (Fsp3) is 0.364. The van der Waals surface area contributed by atoms with Gasteiger partial charge in [-0.05, 0) is 12.5 Å². The molecule has 3 heteroatoms. The van der Waals surface area contributed by atoms with Crippen molar-refractivity contribution in [2.45, 2.75) is 26.4 Å². The zero-order valence-electron chi connectivity index (χ0n) is 8.24. The van der Waals surface area contributed by atoms with Crippen LogP contribution < -0.4 is 0 Å². The summed E-state index contributed by atoms with van der Waals surface area (Å²) in [6.07, 6.45) is 3.62. The highest BCUT2D eigenvalue weighted by Crippen LogP contribution is 2.07. The lowest BCUT2D eigenvalue weighted by atomic mass is 10.2. The zero-order valence-corrected chi connectivity index (χ0v) is 8.24. The Morgan fingerprint density at radius 2 is 2.21 bits per heavy atom. The predicted octanol–water partition coefficient (Wildman–Crippen LogP) is 3.13. The summed E-state index contributed by atoms with van der Waals surface area (Å²) < 4.78 is 13.0. The Morgan fingerprint density at radius 1 is 1.43 bits per heavy atom. The van der Waals surface area contributed by atoms with Crippen LogP contribution in [-0.2, 0) is 11.4 Å². The Kier molecular flexibility index (Phi) is 4.69. The predicted molar refractivity (Wildman–Crippen MR) is 54.6 cm³/mol. The number of unbranched alkanes of at least 4 members (excludes halogenated alkanes) is 1. The van der Waals surface area contributed by atoms with Gasteiger partial charge in [-0.25, -0.2) is 4.39 Å². The van der Waals surface area contributed by atoms with E-state index in [2.05, 4.69) is 12.1 Å². The van der Waals surface area contributed by atoms with Crippen LogP contribution in [0.1, 0.15) is 25.3 Å². The van der Waals surface area contributed by atoms with Crippen molar-refractivity contribution in [1.82, 2.24) is 0 Å². The van der Waals surface area contributed by atoms with Gasteiger partial charge in [0.1, 0.15) is 12.4 Å². The number of hydrogen-bond acceptors (Lipinski definition) is 2. The molecule has 0 fully saturated rings. The first-order valence-corrected chi connectivity index (χ1v) is 4.71. The summed E-state index contributed by atoms with van der Waals surface area (Å²) in [5, 5.41) is 3.71. The molecule has 1 rings (SSSR count). The van der Waals surface area contributed by atoms with Crippen LogP contribution in [0.15, 0.2) is 29.4 Å². The summed E-state index contributed by atoms with van der Waals surface area (Å²) in [6, 6.07) is 6.52. The quantitative estimate of drug-likeness (QED) is 0.522. The SMILES string of the molecule is CCCC=NOCc1ccccc1F. The molecule has 0 aromatic heterocycles. The van der Waals surface area contributed by atoms with Gasteiger partial charge in [0.2, 0.25) is 0 Å². The van der Waals surface area contributed by atoms with Gasteiger partial charge in [-0.15, -0.1) is 0 Å². The third-order valence-corrected chi connectivity index (χ3v) is 1.74. The Morgan fingerprint density at radius 3 is 2.93 bits per heavy atom. The van der Waals surface area contributed by atoms with Crippen LogP contribution in [0.25, 0.3) is 0 Å². The maximum Gasteiger partial charge on any atom is 0.145 e. The third kappa shape index (κ3) is 3.56. The molecular formula is C11H14FNO. The van der Waals surface area contributed by atoms with E-state index in [9.17, 15) is 4.39 Å². The van der Waals surface area contributed by atoms with Crippen molar-refractivity contribution >= 4 is 6.21 Å². The largest absolute Gasteiger partial charge is 0.391 e. The summed E-state index contributed by atoms with van der Waals surface area (Å²) in [5.74, 6) is -0.252. The van der Waals surface area contributed by atoms with E-state index in [1.54, 1.807) is 24.4 Å². The number of nitrogens with zero attached hydrogens (tertiary/aromatic N) is 1. The van der Waals surface area contributed by atoms with Crippen molar-refractivity contribution < 1.29 is 9.23 Å². The van der Waals surface area contributed by atoms with E-state index in [1.807, 2.05) is 0 Å². The average Bonchev–Trinajstić information content (AvgIpc) is 2.20. The number of halogens is 1. The van der Waals surface area contributed by atoms with Gasteiger partial charge in [0.25, 0.3) is 0 Å². The van der Waals surface area contributed by atoms with E-state index in [4.69, 9.17) is 4.84 Å². The van der Waals surface area contributed by atoms with E-state index >= 15 is 0 Å². The molecule has 0 heterocycles. The van der Waals surface area contributed by atoms with Crippen molar-refractivity contribution in [3.8, 4) is 0 Å². The summed E-state index contributed by atoms with van der Waals surface area (Å²) in [6.45, 7) is 2.25. The van der Waals surface area contributed by atoms with Crippen molar-refractivity contribution in [1.29, 1.82) is 0 Å². The lowest BCUT2D eigenvalue weighted by Gasteiger charge is -2.00. The minimum Gasteiger partial charge on any atom is -0.391 e. The van der Waals surface area contributed by atoms with Gasteiger partial charge in [0, 0.05) is 11.8 Å². The fourth-order valence-electron chi connectivity index (χ4n) is 0.957. The third-order valence-electron chi connectivity index (χ3n) is 1.74. The summed E-state index contributed by atoms with van der Waals surface area (Å²) >= 11 is 0. The molecule has 0 atom stereocenters. The molecule has 1 aromatic carbocycles. The summed E-state index contributed by atoms with van der Waals surface area (Å²) in [4.78, 5) is 4.93. The first-order chi connectivity index (χ1) is 6.84. The summed E-state index contributed by atoms with van der Waals surface area (Å²) in [5.41, 5.74) is 0.529. The maximum atomic E-state index is 13.0. The number of benzene rings is 1. The van der Waals surface area contributed by atoms with Crippen LogP contribution in [-0.4, -0.2) is 6.21 Å². The molecule has 1 aromatic rings. The first-order valence-electron chi connectivity index (χ1n) is 4.71. The molecule has 0 saturated heterocycles. The monoisotopic (exact) mass is 195 g/mol. The van der Waals surface area contributed by atoms with Crippen molar-refractivity contribution in [3.05, 3.63) is 35.6 Å². The highest BCUT2D eigenvalue weighted by molar-refractivity contribution is 5.55. The Labute approximate surface area is 83.4 Å². The maximum absolute atomic E-state index is 13.0. The van der Waals surface area contributed by atoms with Gasteiger partial charge in [-0.1, -0.05) is 36.7 Å². The topological polar surface area (TPSA) is 21.6 Å². The number of rotatable bonds is 5. The smallest absolute Gasteiger partial charge is 0.145 e. The van der Waals surface area contributed by atoms with E-state index in [0.717, 1.165) is 12.8 Å². The van der Waals surface area contributed by atoms with Gasteiger partial charge in [-0.3, -0.25) is 0 Å². The van der Waals surface area contributed by atoms with E-state index in [0.29, 0.717) is 5.56 Å². The van der Waals surface area contributed by atoms with Crippen molar-refractivity contribution in [3.63, 3.8) is 0 Å². The van der Waals surface area contributed by atoms with Gasteiger partial charge >= 0.3 is 0 Å².